The Morgan fingerprint density at radius 3 is 0.710 bits per heavy atom. The van der Waals surface area contributed by atoms with Crippen LogP contribution in [0.25, 0.3) is 0 Å². The minimum Gasteiger partial charge on any atom is -0.462 e. The molecule has 0 aromatic carbocycles. The molecule has 19 heteroatoms. The molecule has 100 heavy (non-hydrogen) atoms. The summed E-state index contributed by atoms with van der Waals surface area (Å²) in [7, 11) is -9.92. The molecule has 0 heterocycles. The second kappa shape index (κ2) is 73.9. The number of hydrogen-bond donors (Lipinski definition) is 3. The van der Waals surface area contributed by atoms with Crippen molar-refractivity contribution in [2.75, 3.05) is 39.6 Å². The maximum Gasteiger partial charge on any atom is 0.472 e. The van der Waals surface area contributed by atoms with E-state index in [0.29, 0.717) is 25.7 Å². The largest absolute Gasteiger partial charge is 0.472 e. The Morgan fingerprint density at radius 1 is 0.280 bits per heavy atom. The molecule has 0 fully saturated rings. The standard InChI is InChI=1S/C81H158O17P2/c1-6-10-13-16-19-22-25-28-30-31-32-33-34-37-40-47-52-57-62-67-81(86)98-77(71-92-79(84)65-60-55-50-45-42-41-43-48-53-58-63-74(5)9-4)73-96-100(89,90)94-69-75(82)68-93-99(87,88)95-72-76(70-91-78(83)64-59-54-49-44-38-35-27-24-21-18-15-12-8-3)97-80(85)66-61-56-51-46-39-36-29-26-23-20-17-14-11-7-2/h74-77,82H,6-73H2,1-5H3,(H,87,88)(H,89,90)/t74?,75-,76+,77+/m0/s1. The molecule has 0 aliphatic heterocycles. The van der Waals surface area contributed by atoms with E-state index in [0.717, 1.165) is 95.8 Å². The van der Waals surface area contributed by atoms with Gasteiger partial charge in [-0.3, -0.25) is 37.3 Å². The van der Waals surface area contributed by atoms with Gasteiger partial charge in [-0.15, -0.1) is 0 Å². The summed E-state index contributed by atoms with van der Waals surface area (Å²) in [4.78, 5) is 73.1. The third kappa shape index (κ3) is 73.0. The molecule has 0 rings (SSSR count). The molecule has 17 nitrogen and oxygen atoms in total. The van der Waals surface area contributed by atoms with Crippen LogP contribution in [0.15, 0.2) is 0 Å². The molecular formula is C81H158O17P2. The molecule has 0 radical (unpaired) electrons. The fourth-order valence-corrected chi connectivity index (χ4v) is 14.1. The van der Waals surface area contributed by atoms with Gasteiger partial charge in [0.1, 0.15) is 19.3 Å². The number of ether oxygens (including phenoxy) is 4. The summed E-state index contributed by atoms with van der Waals surface area (Å²) < 4.78 is 68.8. The Morgan fingerprint density at radius 2 is 0.480 bits per heavy atom. The summed E-state index contributed by atoms with van der Waals surface area (Å²) in [5, 5.41) is 10.6. The highest BCUT2D eigenvalue weighted by molar-refractivity contribution is 7.47. The van der Waals surface area contributed by atoms with E-state index in [9.17, 15) is 43.2 Å². The van der Waals surface area contributed by atoms with Gasteiger partial charge in [-0.1, -0.05) is 381 Å². The Labute approximate surface area is 613 Å². The maximum absolute atomic E-state index is 13.1. The quantitative estimate of drug-likeness (QED) is 0.0222. The zero-order valence-electron chi connectivity index (χ0n) is 65.3. The third-order valence-corrected chi connectivity index (χ3v) is 21.3. The lowest BCUT2D eigenvalue weighted by Crippen LogP contribution is -2.30. The number of esters is 4. The molecule has 3 unspecified atom stereocenters. The van der Waals surface area contributed by atoms with Gasteiger partial charge in [0.25, 0.3) is 0 Å². The van der Waals surface area contributed by atoms with Gasteiger partial charge in [-0.25, -0.2) is 9.13 Å². The molecule has 0 spiro atoms. The Kier molecular flexibility index (Phi) is 72.5. The summed E-state index contributed by atoms with van der Waals surface area (Å²) in [6.07, 6.45) is 65.0. The van der Waals surface area contributed by atoms with Crippen molar-refractivity contribution in [1.82, 2.24) is 0 Å². The van der Waals surface area contributed by atoms with Gasteiger partial charge >= 0.3 is 39.5 Å². The van der Waals surface area contributed by atoms with E-state index in [1.54, 1.807) is 0 Å². The normalized spacial score (nSPS) is 14.1. The number of phosphoric acid groups is 2. The van der Waals surface area contributed by atoms with Crippen molar-refractivity contribution in [1.29, 1.82) is 0 Å². The predicted molar refractivity (Wildman–Crippen MR) is 409 cm³/mol. The Balaban J connectivity index is 5.26. The van der Waals surface area contributed by atoms with E-state index in [-0.39, 0.29) is 25.7 Å². The van der Waals surface area contributed by atoms with E-state index in [2.05, 4.69) is 34.6 Å². The van der Waals surface area contributed by atoms with Crippen LogP contribution in [0.3, 0.4) is 0 Å². The third-order valence-electron chi connectivity index (χ3n) is 19.4. The van der Waals surface area contributed by atoms with Crippen LogP contribution in [0.1, 0.15) is 433 Å². The number of carbonyl (C=O) groups is 4. The van der Waals surface area contributed by atoms with Crippen molar-refractivity contribution >= 4 is 39.5 Å². The fourth-order valence-electron chi connectivity index (χ4n) is 12.6. The molecule has 0 saturated heterocycles. The zero-order valence-corrected chi connectivity index (χ0v) is 67.1. The van der Waals surface area contributed by atoms with Gasteiger partial charge in [0.05, 0.1) is 26.4 Å². The van der Waals surface area contributed by atoms with Crippen LogP contribution in [0.4, 0.5) is 0 Å². The lowest BCUT2D eigenvalue weighted by Gasteiger charge is -2.21. The van der Waals surface area contributed by atoms with E-state index < -0.39 is 97.5 Å². The molecule has 0 amide bonds. The molecule has 594 valence electrons. The average molecular weight is 1470 g/mol. The summed E-state index contributed by atoms with van der Waals surface area (Å²) in [5.41, 5.74) is 0. The van der Waals surface area contributed by atoms with Crippen molar-refractivity contribution < 1.29 is 80.2 Å². The minimum absolute atomic E-state index is 0.109. The number of hydrogen-bond acceptors (Lipinski definition) is 15. The highest BCUT2D eigenvalue weighted by Gasteiger charge is 2.30. The number of aliphatic hydroxyl groups excluding tert-OH is 1. The molecule has 0 aliphatic rings. The monoisotopic (exact) mass is 1470 g/mol. The average Bonchev–Trinajstić information content (AvgIpc) is 2.05. The summed E-state index contributed by atoms with van der Waals surface area (Å²) >= 11 is 0. The predicted octanol–water partition coefficient (Wildman–Crippen LogP) is 24.4. The van der Waals surface area contributed by atoms with Crippen LogP contribution in [0.5, 0.6) is 0 Å². The minimum atomic E-state index is -4.96. The Bertz CT molecular complexity index is 1910. The summed E-state index contributed by atoms with van der Waals surface area (Å²) in [6.45, 7) is 7.37. The van der Waals surface area contributed by atoms with E-state index in [1.807, 2.05) is 0 Å². The van der Waals surface area contributed by atoms with E-state index in [1.165, 1.54) is 257 Å². The second-order valence-corrected chi connectivity index (χ2v) is 32.3. The number of carbonyl (C=O) groups excluding carboxylic acids is 4. The van der Waals surface area contributed by atoms with Gasteiger partial charge in [0.15, 0.2) is 12.2 Å². The first-order chi connectivity index (χ1) is 48.6. The molecular weight excluding hydrogens is 1310 g/mol. The summed E-state index contributed by atoms with van der Waals surface area (Å²) in [5.74, 6) is -1.29. The van der Waals surface area contributed by atoms with Crippen molar-refractivity contribution in [3.8, 4) is 0 Å². The van der Waals surface area contributed by atoms with Crippen molar-refractivity contribution in [2.45, 2.75) is 451 Å². The zero-order chi connectivity index (χ0) is 73.4. The van der Waals surface area contributed by atoms with Crippen molar-refractivity contribution in [3.05, 3.63) is 0 Å². The van der Waals surface area contributed by atoms with Gasteiger partial charge < -0.3 is 33.8 Å². The molecule has 0 aromatic rings. The molecule has 6 atom stereocenters. The van der Waals surface area contributed by atoms with Crippen molar-refractivity contribution in [2.24, 2.45) is 5.92 Å². The fraction of sp³-hybridized carbons (Fsp3) is 0.951. The van der Waals surface area contributed by atoms with Crippen molar-refractivity contribution in [3.63, 3.8) is 0 Å². The Hall–Kier alpha value is -1.94. The lowest BCUT2D eigenvalue weighted by molar-refractivity contribution is -0.161. The van der Waals surface area contributed by atoms with Gasteiger partial charge in [0, 0.05) is 25.7 Å². The first-order valence-corrected chi connectivity index (χ1v) is 45.2. The smallest absolute Gasteiger partial charge is 0.462 e. The van der Waals surface area contributed by atoms with E-state index >= 15 is 0 Å². The first kappa shape index (κ1) is 98.1. The van der Waals surface area contributed by atoms with E-state index in [4.69, 9.17) is 37.0 Å². The molecule has 3 N–H and O–H groups in total. The van der Waals surface area contributed by atoms with Crippen LogP contribution in [-0.4, -0.2) is 96.7 Å². The first-order valence-electron chi connectivity index (χ1n) is 42.2. The van der Waals surface area contributed by atoms with Gasteiger partial charge in [0.2, 0.25) is 0 Å². The topological polar surface area (TPSA) is 237 Å². The number of phosphoric ester groups is 2. The SMILES string of the molecule is CCCCCCCCCCCCCCCCCCCCCC(=O)O[C@H](COC(=O)CCCCCCCCCCCCC(C)CC)COP(=O)(O)OC[C@@H](O)COP(=O)(O)OC[C@@H](COC(=O)CCCCCCCCCCCCCCC)OC(=O)CCCCCCCCCCCCCCCC. The van der Waals surface area contributed by atoms with Crippen LogP contribution in [-0.2, 0) is 65.4 Å². The molecule has 0 saturated carbocycles. The van der Waals surface area contributed by atoms with Gasteiger partial charge in [-0.2, -0.15) is 0 Å². The second-order valence-electron chi connectivity index (χ2n) is 29.4. The van der Waals surface area contributed by atoms with Crippen LogP contribution >= 0.6 is 15.6 Å². The molecule has 0 aliphatic carbocycles. The number of rotatable bonds is 81. The van der Waals surface area contributed by atoms with Crippen LogP contribution in [0, 0.1) is 5.92 Å². The van der Waals surface area contributed by atoms with Crippen LogP contribution < -0.4 is 0 Å². The molecule has 0 bridgehead atoms. The highest BCUT2D eigenvalue weighted by atomic mass is 31.2. The number of unbranched alkanes of at least 4 members (excludes halogenated alkanes) is 52. The van der Waals surface area contributed by atoms with Gasteiger partial charge in [-0.05, 0) is 31.6 Å². The summed E-state index contributed by atoms with van der Waals surface area (Å²) in [6, 6.07) is 0. The molecule has 0 aromatic heterocycles. The lowest BCUT2D eigenvalue weighted by atomic mass is 9.99. The highest BCUT2D eigenvalue weighted by Crippen LogP contribution is 2.45. The van der Waals surface area contributed by atoms with Crippen LogP contribution in [0.2, 0.25) is 0 Å². The number of aliphatic hydroxyl groups is 1. The maximum atomic E-state index is 13.1.